The first-order chi connectivity index (χ1) is 17.6. The molecule has 0 saturated carbocycles. The lowest BCUT2D eigenvalue weighted by Crippen LogP contribution is -2.30. The van der Waals surface area contributed by atoms with Gasteiger partial charge in [-0.3, -0.25) is 0 Å². The molecule has 0 bridgehead atoms. The second-order valence-corrected chi connectivity index (χ2v) is 9.31. The Kier molecular flexibility index (Phi) is 5.16. The van der Waals surface area contributed by atoms with Crippen LogP contribution < -0.4 is 4.57 Å². The fourth-order valence-electron chi connectivity index (χ4n) is 5.22. The number of aryl methyl sites for hydroxylation is 3. The Balaban J connectivity index is 1.64. The maximum Gasteiger partial charge on any atom is 0.216 e. The summed E-state index contributed by atoms with van der Waals surface area (Å²) in [5, 5.41) is 12.1. The molecule has 0 amide bonds. The molecule has 3 heteroatoms. The van der Waals surface area contributed by atoms with Gasteiger partial charge in [0.25, 0.3) is 0 Å². The SMILES string of the molecule is Cc1cc(-c2ccccc2)ccc1-c1c(C#N)ccc2c1oc1c(-c3cccc[n+]3C)c(C)ccc12. The van der Waals surface area contributed by atoms with Crippen LogP contribution in [-0.4, -0.2) is 0 Å². The van der Waals surface area contributed by atoms with Gasteiger partial charge in [0, 0.05) is 28.5 Å². The van der Waals surface area contributed by atoms with Crippen molar-refractivity contribution in [1.82, 2.24) is 0 Å². The summed E-state index contributed by atoms with van der Waals surface area (Å²) < 4.78 is 8.82. The smallest absolute Gasteiger partial charge is 0.216 e. The minimum absolute atomic E-state index is 0.612. The van der Waals surface area contributed by atoms with Crippen molar-refractivity contribution in [3.8, 4) is 39.6 Å². The summed E-state index contributed by atoms with van der Waals surface area (Å²) >= 11 is 0. The van der Waals surface area contributed by atoms with E-state index in [0.29, 0.717) is 5.56 Å². The van der Waals surface area contributed by atoms with E-state index in [1.807, 2.05) is 55.7 Å². The van der Waals surface area contributed by atoms with Gasteiger partial charge in [-0.2, -0.15) is 5.26 Å². The number of aromatic nitrogens is 1. The number of pyridine rings is 1. The number of hydrogen-bond acceptors (Lipinski definition) is 2. The topological polar surface area (TPSA) is 40.8 Å². The standard InChI is InChI=1S/C33H25N2O/c1-21-12-15-27-28-17-14-25(20-34)31(26-16-13-24(19-22(26)2)23-9-5-4-6-10-23)33(28)36-32(27)30(21)29-11-7-8-18-35(29)3/h4-19H,1-3H3/q+1. The van der Waals surface area contributed by atoms with Gasteiger partial charge in [-0.1, -0.05) is 60.7 Å². The molecule has 0 atom stereocenters. The van der Waals surface area contributed by atoms with Crippen LogP contribution in [0.2, 0.25) is 0 Å². The second kappa shape index (κ2) is 8.52. The molecule has 6 rings (SSSR count). The molecule has 3 nitrogen and oxygen atoms in total. The van der Waals surface area contributed by atoms with E-state index in [9.17, 15) is 5.26 Å². The van der Waals surface area contributed by atoms with Gasteiger partial charge >= 0.3 is 0 Å². The molecule has 0 unspecified atom stereocenters. The molecular formula is C33H25N2O+. The normalized spacial score (nSPS) is 11.2. The highest BCUT2D eigenvalue weighted by Crippen LogP contribution is 2.42. The summed E-state index contributed by atoms with van der Waals surface area (Å²) in [6.07, 6.45) is 2.05. The fraction of sp³-hybridized carbons (Fsp3) is 0.0909. The van der Waals surface area contributed by atoms with Gasteiger partial charge in [0.05, 0.1) is 17.2 Å². The Hall–Kier alpha value is -4.68. The van der Waals surface area contributed by atoms with Crippen LogP contribution in [-0.2, 0) is 7.05 Å². The van der Waals surface area contributed by atoms with Crippen LogP contribution in [0.15, 0.2) is 102 Å². The Morgan fingerprint density at radius 1 is 0.694 bits per heavy atom. The summed E-state index contributed by atoms with van der Waals surface area (Å²) in [5.74, 6) is 0. The van der Waals surface area contributed by atoms with Crippen LogP contribution in [0, 0.1) is 25.2 Å². The highest BCUT2D eigenvalue weighted by Gasteiger charge is 2.23. The van der Waals surface area contributed by atoms with Gasteiger partial charge in [-0.05, 0) is 59.9 Å². The minimum Gasteiger partial charge on any atom is -0.454 e. The summed E-state index contributed by atoms with van der Waals surface area (Å²) in [6.45, 7) is 4.22. The third-order valence-electron chi connectivity index (χ3n) is 7.05. The molecule has 4 aromatic carbocycles. The third-order valence-corrected chi connectivity index (χ3v) is 7.05. The van der Waals surface area contributed by atoms with Crippen molar-refractivity contribution < 1.29 is 8.98 Å². The summed E-state index contributed by atoms with van der Waals surface area (Å²) in [6, 6.07) is 33.6. The molecule has 0 N–H and O–H groups in total. The third kappa shape index (κ3) is 3.39. The highest BCUT2D eigenvalue weighted by atomic mass is 16.3. The zero-order valence-electron chi connectivity index (χ0n) is 20.5. The molecule has 0 aliphatic rings. The van der Waals surface area contributed by atoms with Crippen molar-refractivity contribution in [3.63, 3.8) is 0 Å². The largest absolute Gasteiger partial charge is 0.454 e. The van der Waals surface area contributed by atoms with E-state index >= 15 is 0 Å². The first kappa shape index (κ1) is 21.8. The van der Waals surface area contributed by atoms with Crippen molar-refractivity contribution >= 4 is 21.9 Å². The van der Waals surface area contributed by atoms with Gasteiger partial charge in [0.1, 0.15) is 18.2 Å². The molecule has 0 saturated heterocycles. The van der Waals surface area contributed by atoms with Crippen molar-refractivity contribution in [1.29, 1.82) is 5.26 Å². The van der Waals surface area contributed by atoms with E-state index in [1.54, 1.807) is 0 Å². The lowest BCUT2D eigenvalue weighted by Gasteiger charge is -2.11. The fourth-order valence-corrected chi connectivity index (χ4v) is 5.22. The van der Waals surface area contributed by atoms with Gasteiger partial charge in [-0.15, -0.1) is 0 Å². The lowest BCUT2D eigenvalue weighted by atomic mass is 9.91. The summed E-state index contributed by atoms with van der Waals surface area (Å²) in [5.41, 5.74) is 10.8. The van der Waals surface area contributed by atoms with Crippen molar-refractivity contribution in [3.05, 3.63) is 114 Å². The Morgan fingerprint density at radius 3 is 2.14 bits per heavy atom. The van der Waals surface area contributed by atoms with E-state index in [-0.39, 0.29) is 0 Å². The Morgan fingerprint density at radius 2 is 1.42 bits per heavy atom. The molecule has 2 heterocycles. The van der Waals surface area contributed by atoms with Crippen LogP contribution in [0.3, 0.4) is 0 Å². The first-order valence-corrected chi connectivity index (χ1v) is 12.1. The molecule has 0 fully saturated rings. The maximum atomic E-state index is 10.1. The molecule has 0 aliphatic carbocycles. The summed E-state index contributed by atoms with van der Waals surface area (Å²) in [4.78, 5) is 0. The molecule has 6 aromatic rings. The Labute approximate surface area is 210 Å². The van der Waals surface area contributed by atoms with Crippen LogP contribution in [0.5, 0.6) is 0 Å². The monoisotopic (exact) mass is 465 g/mol. The number of hydrogen-bond donors (Lipinski definition) is 0. The Bertz CT molecular complexity index is 1820. The van der Waals surface area contributed by atoms with Crippen LogP contribution in [0.1, 0.15) is 16.7 Å². The van der Waals surface area contributed by atoms with E-state index in [0.717, 1.165) is 61.0 Å². The quantitative estimate of drug-likeness (QED) is 0.249. The number of nitrogens with zero attached hydrogens (tertiary/aromatic N) is 2. The van der Waals surface area contributed by atoms with Crippen LogP contribution in [0.25, 0.3) is 55.4 Å². The van der Waals surface area contributed by atoms with E-state index in [2.05, 4.69) is 73.0 Å². The number of benzene rings is 4. The van der Waals surface area contributed by atoms with Crippen molar-refractivity contribution in [2.24, 2.45) is 7.05 Å². The van der Waals surface area contributed by atoms with E-state index in [4.69, 9.17) is 4.42 Å². The highest BCUT2D eigenvalue weighted by molar-refractivity contribution is 6.14. The number of furan rings is 1. The zero-order chi connectivity index (χ0) is 24.8. The van der Waals surface area contributed by atoms with Gasteiger partial charge in [-0.25, -0.2) is 4.57 Å². The second-order valence-electron chi connectivity index (χ2n) is 9.31. The van der Waals surface area contributed by atoms with Crippen LogP contribution in [0.4, 0.5) is 0 Å². The van der Waals surface area contributed by atoms with E-state index in [1.165, 1.54) is 5.56 Å². The molecule has 172 valence electrons. The average Bonchev–Trinajstić information content (AvgIpc) is 3.28. The number of nitriles is 1. The molecule has 0 aliphatic heterocycles. The first-order valence-electron chi connectivity index (χ1n) is 12.1. The molecule has 2 aromatic heterocycles. The minimum atomic E-state index is 0.612. The lowest BCUT2D eigenvalue weighted by molar-refractivity contribution is -0.660. The molecule has 36 heavy (non-hydrogen) atoms. The average molecular weight is 466 g/mol. The van der Waals surface area contributed by atoms with E-state index < -0.39 is 0 Å². The predicted octanol–water partition coefficient (Wildman–Crippen LogP) is 7.90. The zero-order valence-corrected chi connectivity index (χ0v) is 20.5. The predicted molar refractivity (Wildman–Crippen MR) is 145 cm³/mol. The van der Waals surface area contributed by atoms with Crippen molar-refractivity contribution in [2.75, 3.05) is 0 Å². The molecular weight excluding hydrogens is 440 g/mol. The molecule has 0 spiro atoms. The van der Waals surface area contributed by atoms with Crippen LogP contribution >= 0.6 is 0 Å². The van der Waals surface area contributed by atoms with Gasteiger partial charge in [0.2, 0.25) is 5.69 Å². The maximum absolute atomic E-state index is 10.1. The number of fused-ring (bicyclic) bond motifs is 3. The molecule has 0 radical (unpaired) electrons. The van der Waals surface area contributed by atoms with Gasteiger partial charge in [0.15, 0.2) is 6.20 Å². The number of rotatable bonds is 3. The summed E-state index contributed by atoms with van der Waals surface area (Å²) in [7, 11) is 2.05. The van der Waals surface area contributed by atoms with Gasteiger partial charge < -0.3 is 4.42 Å². The van der Waals surface area contributed by atoms with Crippen molar-refractivity contribution in [2.45, 2.75) is 13.8 Å².